The van der Waals surface area contributed by atoms with Crippen molar-refractivity contribution in [1.82, 2.24) is 19.9 Å². The number of piperidine rings is 1. The van der Waals surface area contributed by atoms with Gasteiger partial charge in [-0.25, -0.2) is 23.5 Å². The molecule has 1 amide bonds. The highest BCUT2D eigenvalue weighted by Gasteiger charge is 2.64. The largest absolute Gasteiger partial charge is 0.491 e. The first kappa shape index (κ1) is 24.8. The number of nitrogens with one attached hydrogen (secondary N) is 1. The number of rotatable bonds is 7. The van der Waals surface area contributed by atoms with Crippen molar-refractivity contribution in [2.24, 2.45) is 5.92 Å². The van der Waals surface area contributed by atoms with Crippen molar-refractivity contribution in [2.75, 3.05) is 18.1 Å². The summed E-state index contributed by atoms with van der Waals surface area (Å²) >= 11 is 0. The number of ether oxygens (including phenoxy) is 2. The molecule has 2 unspecified atom stereocenters. The number of halogens is 1. The fourth-order valence-corrected chi connectivity index (χ4v) is 5.16. The molecule has 3 aromatic rings. The van der Waals surface area contributed by atoms with E-state index in [1.807, 2.05) is 0 Å². The number of aromatic nitrogens is 3. The lowest BCUT2D eigenvalue weighted by Gasteiger charge is -2.31. The average Bonchev–Trinajstić information content (AvgIpc) is 3.18. The maximum atomic E-state index is 14.5. The van der Waals surface area contributed by atoms with Gasteiger partial charge >= 0.3 is 12.1 Å². The summed E-state index contributed by atoms with van der Waals surface area (Å²) in [5.41, 5.74) is -0.132. The highest BCUT2D eigenvalue weighted by atomic mass is 19.1. The normalized spacial score (nSPS) is 21.4. The molecular weight excluding hydrogens is 481 g/mol. The number of amides is 1. The molecule has 2 aliphatic rings. The van der Waals surface area contributed by atoms with Crippen LogP contribution in [-0.4, -0.2) is 56.6 Å². The fourth-order valence-electron chi connectivity index (χ4n) is 5.16. The number of carboxylic acids is 1. The molecule has 37 heavy (non-hydrogen) atoms. The number of nitrogens with zero attached hydrogens (tertiary/aromatic N) is 4. The summed E-state index contributed by atoms with van der Waals surface area (Å²) in [6.45, 7) is 8.04. The van der Waals surface area contributed by atoms with Gasteiger partial charge in [-0.15, -0.1) is 0 Å². The van der Waals surface area contributed by atoms with E-state index < -0.39 is 23.2 Å². The molecule has 2 fully saturated rings. The molecular formula is C26H30FN5O5. The first-order valence-electron chi connectivity index (χ1n) is 12.3. The predicted octanol–water partition coefficient (Wildman–Crippen LogP) is 3.98. The Balaban J connectivity index is 1.40. The Morgan fingerprint density at radius 3 is 2.81 bits per heavy atom. The van der Waals surface area contributed by atoms with E-state index in [0.29, 0.717) is 23.7 Å². The van der Waals surface area contributed by atoms with Crippen LogP contribution in [-0.2, 0) is 10.3 Å². The van der Waals surface area contributed by atoms with E-state index in [1.54, 1.807) is 46.0 Å². The number of carbonyl (C=O) groups excluding carboxylic acids is 1. The van der Waals surface area contributed by atoms with Crippen LogP contribution in [0.2, 0.25) is 0 Å². The molecule has 1 aromatic carbocycles. The first-order valence-corrected chi connectivity index (χ1v) is 12.3. The number of alkyl carbamates (subject to hydrolysis) is 1. The number of aromatic carboxylic acids is 1. The standard InChI is InChI=1S/C26H30FN5O5/c1-15(29-24(35)37-25(2,3)4)14-36-20-6-5-17(27)11-19(20)26-12-16(26)7-9-31(26)21-8-10-32-22(30-21)18(13-28-32)23(33)34/h5-6,8,10-11,13,15-16H,7,9,12,14H2,1-4H3,(H,29,35)(H,33,34)/t15-,16?,26?/m1/s1. The number of carbonyl (C=O) groups is 2. The number of hydrogen-bond donors (Lipinski definition) is 2. The van der Waals surface area contributed by atoms with E-state index in [0.717, 1.165) is 12.8 Å². The van der Waals surface area contributed by atoms with Crippen molar-refractivity contribution in [3.8, 4) is 5.75 Å². The maximum absolute atomic E-state index is 14.5. The second-order valence-corrected chi connectivity index (χ2v) is 10.7. The molecule has 1 aliphatic heterocycles. The quantitative estimate of drug-likeness (QED) is 0.489. The predicted molar refractivity (Wildman–Crippen MR) is 132 cm³/mol. The highest BCUT2D eigenvalue weighted by molar-refractivity contribution is 5.94. The third kappa shape index (κ3) is 4.65. The Labute approximate surface area is 213 Å². The molecule has 1 saturated heterocycles. The number of fused-ring (bicyclic) bond motifs is 2. The summed E-state index contributed by atoms with van der Waals surface area (Å²) in [7, 11) is 0. The zero-order chi connectivity index (χ0) is 26.5. The number of benzene rings is 1. The fraction of sp³-hybridized carbons (Fsp3) is 0.462. The molecule has 0 bridgehead atoms. The van der Waals surface area contributed by atoms with Gasteiger partial charge in [0.1, 0.15) is 35.2 Å². The molecule has 3 heterocycles. The van der Waals surface area contributed by atoms with Gasteiger partial charge in [0.25, 0.3) is 0 Å². The number of carboxylic acid groups (broad SMARTS) is 1. The van der Waals surface area contributed by atoms with Crippen molar-refractivity contribution >= 4 is 23.5 Å². The van der Waals surface area contributed by atoms with Crippen LogP contribution in [0.15, 0.2) is 36.7 Å². The highest BCUT2D eigenvalue weighted by Crippen LogP contribution is 2.64. The van der Waals surface area contributed by atoms with E-state index in [1.165, 1.54) is 22.8 Å². The minimum atomic E-state index is -1.10. The zero-order valence-corrected chi connectivity index (χ0v) is 21.2. The Morgan fingerprint density at radius 1 is 1.32 bits per heavy atom. The van der Waals surface area contributed by atoms with Gasteiger partial charge in [-0.3, -0.25) is 0 Å². The van der Waals surface area contributed by atoms with E-state index >= 15 is 0 Å². The Morgan fingerprint density at radius 2 is 2.11 bits per heavy atom. The summed E-state index contributed by atoms with van der Waals surface area (Å²) in [6, 6.07) is 5.91. The number of anilines is 1. The van der Waals surface area contributed by atoms with Crippen LogP contribution < -0.4 is 15.0 Å². The third-order valence-electron chi connectivity index (χ3n) is 6.78. The van der Waals surface area contributed by atoms with Crippen LogP contribution in [0, 0.1) is 11.7 Å². The lowest BCUT2D eigenvalue weighted by atomic mass is 10.0. The lowest BCUT2D eigenvalue weighted by Crippen LogP contribution is -2.40. The maximum Gasteiger partial charge on any atom is 0.407 e. The summed E-state index contributed by atoms with van der Waals surface area (Å²) in [4.78, 5) is 30.4. The van der Waals surface area contributed by atoms with Crippen LogP contribution in [0.5, 0.6) is 5.75 Å². The van der Waals surface area contributed by atoms with E-state index in [9.17, 15) is 19.1 Å². The molecule has 2 aromatic heterocycles. The first-order chi connectivity index (χ1) is 17.5. The third-order valence-corrected chi connectivity index (χ3v) is 6.78. The Kier molecular flexibility index (Phi) is 5.96. The van der Waals surface area contributed by atoms with Crippen LogP contribution in [0.25, 0.3) is 5.65 Å². The molecule has 2 N–H and O–H groups in total. The summed E-state index contributed by atoms with van der Waals surface area (Å²) in [5.74, 6) is -0.0525. The molecule has 5 rings (SSSR count). The average molecular weight is 512 g/mol. The van der Waals surface area contributed by atoms with Crippen molar-refractivity contribution in [3.05, 3.63) is 53.6 Å². The number of hydrogen-bond acceptors (Lipinski definition) is 7. The Bertz CT molecular complexity index is 1370. The van der Waals surface area contributed by atoms with Gasteiger partial charge in [-0.2, -0.15) is 5.10 Å². The molecule has 11 heteroatoms. The van der Waals surface area contributed by atoms with Crippen molar-refractivity contribution < 1.29 is 28.6 Å². The second-order valence-electron chi connectivity index (χ2n) is 10.7. The molecule has 196 valence electrons. The van der Waals surface area contributed by atoms with Crippen LogP contribution in [0.1, 0.15) is 56.5 Å². The van der Waals surface area contributed by atoms with Crippen molar-refractivity contribution in [3.63, 3.8) is 0 Å². The molecule has 10 nitrogen and oxygen atoms in total. The van der Waals surface area contributed by atoms with Crippen molar-refractivity contribution in [1.29, 1.82) is 0 Å². The SMILES string of the molecule is C[C@H](COc1ccc(F)cc1C12CC1CCN2c1ccn2ncc(C(=O)O)c2n1)NC(=O)OC(C)(C)C. The van der Waals surface area contributed by atoms with Gasteiger partial charge in [0, 0.05) is 18.3 Å². The van der Waals surface area contributed by atoms with Gasteiger partial charge in [-0.1, -0.05) is 0 Å². The Hall–Kier alpha value is -3.89. The van der Waals surface area contributed by atoms with Crippen LogP contribution >= 0.6 is 0 Å². The lowest BCUT2D eigenvalue weighted by molar-refractivity contribution is 0.0493. The van der Waals surface area contributed by atoms with Crippen LogP contribution in [0.3, 0.4) is 0 Å². The summed E-state index contributed by atoms with van der Waals surface area (Å²) in [5, 5.41) is 16.3. The minimum absolute atomic E-state index is 0.0173. The van der Waals surface area contributed by atoms with Crippen molar-refractivity contribution in [2.45, 2.75) is 57.7 Å². The topological polar surface area (TPSA) is 118 Å². The van der Waals surface area contributed by atoms with Gasteiger partial charge in [0.15, 0.2) is 5.65 Å². The summed E-state index contributed by atoms with van der Waals surface area (Å²) in [6.07, 6.45) is 4.12. The van der Waals surface area contributed by atoms with E-state index in [4.69, 9.17) is 9.47 Å². The molecule has 1 saturated carbocycles. The van der Waals surface area contributed by atoms with Crippen LogP contribution in [0.4, 0.5) is 15.0 Å². The smallest absolute Gasteiger partial charge is 0.407 e. The van der Waals surface area contributed by atoms with E-state index in [-0.39, 0.29) is 35.6 Å². The monoisotopic (exact) mass is 511 g/mol. The minimum Gasteiger partial charge on any atom is -0.491 e. The van der Waals surface area contributed by atoms with Gasteiger partial charge < -0.3 is 24.8 Å². The summed E-state index contributed by atoms with van der Waals surface area (Å²) < 4.78 is 27.4. The van der Waals surface area contributed by atoms with E-state index in [2.05, 4.69) is 20.3 Å². The molecule has 0 spiro atoms. The molecule has 1 aliphatic carbocycles. The van der Waals surface area contributed by atoms with Gasteiger partial charge in [0.2, 0.25) is 0 Å². The molecule has 3 atom stereocenters. The zero-order valence-electron chi connectivity index (χ0n) is 21.2. The van der Waals surface area contributed by atoms with Gasteiger partial charge in [0.05, 0.1) is 17.8 Å². The van der Waals surface area contributed by atoms with Gasteiger partial charge in [-0.05, 0) is 70.7 Å². The molecule has 0 radical (unpaired) electrons. The second kappa shape index (κ2) is 8.89.